The van der Waals surface area contributed by atoms with Gasteiger partial charge in [0.2, 0.25) is 0 Å². The topological polar surface area (TPSA) is 54.8 Å². The molecule has 118 valence electrons. The lowest BCUT2D eigenvalue weighted by Gasteiger charge is -2.44. The second-order valence-electron chi connectivity index (χ2n) is 6.49. The van der Waals surface area contributed by atoms with Crippen molar-refractivity contribution in [2.45, 2.75) is 18.9 Å². The van der Waals surface area contributed by atoms with Crippen LogP contribution in [-0.4, -0.2) is 59.8 Å². The van der Waals surface area contributed by atoms with E-state index in [9.17, 15) is 9.59 Å². The molecule has 4 heterocycles. The zero-order valence-electron chi connectivity index (χ0n) is 12.6. The predicted molar refractivity (Wildman–Crippen MR) is 80.9 cm³/mol. The minimum Gasteiger partial charge on any atom is -0.378 e. The van der Waals surface area contributed by atoms with Crippen molar-refractivity contribution in [3.63, 3.8) is 0 Å². The Bertz CT molecular complexity index is 636. The van der Waals surface area contributed by atoms with Crippen LogP contribution in [0.3, 0.4) is 0 Å². The molecule has 2 bridgehead atoms. The van der Waals surface area contributed by atoms with Crippen LogP contribution in [0, 0.1) is 5.92 Å². The monoisotopic (exact) mass is 303 g/mol. The van der Waals surface area contributed by atoms with Crippen LogP contribution in [-0.2, 0) is 11.3 Å². The van der Waals surface area contributed by atoms with E-state index in [4.69, 9.17) is 4.74 Å². The molecule has 1 aromatic heterocycles. The normalized spacial score (nSPS) is 27.5. The van der Waals surface area contributed by atoms with Gasteiger partial charge in [-0.1, -0.05) is 6.07 Å². The summed E-state index contributed by atoms with van der Waals surface area (Å²) in [7, 11) is 0. The lowest BCUT2D eigenvalue weighted by Crippen LogP contribution is -2.54. The Morgan fingerprint density at radius 1 is 1.09 bits per heavy atom. The number of ether oxygens (including phenoxy) is 1. The molecule has 0 aliphatic carbocycles. The molecule has 0 aromatic carbocycles. The molecule has 2 amide bonds. The van der Waals surface area contributed by atoms with Crippen molar-refractivity contribution in [2.24, 2.45) is 5.92 Å². The van der Waals surface area contributed by atoms with E-state index in [0.717, 1.165) is 31.7 Å². The number of nitrogens with zero attached hydrogens (tertiary/aromatic N) is 3. The minimum atomic E-state index is 0.0835. The number of urea groups is 1. The van der Waals surface area contributed by atoms with Crippen molar-refractivity contribution in [3.8, 4) is 0 Å². The Balaban J connectivity index is 1.55. The molecule has 6 nitrogen and oxygen atoms in total. The fourth-order valence-corrected chi connectivity index (χ4v) is 4.01. The molecule has 0 N–H and O–H groups in total. The molecule has 0 saturated carbocycles. The van der Waals surface area contributed by atoms with E-state index >= 15 is 0 Å². The highest BCUT2D eigenvalue weighted by Gasteiger charge is 2.37. The molecule has 0 unspecified atom stereocenters. The van der Waals surface area contributed by atoms with Gasteiger partial charge in [0.1, 0.15) is 0 Å². The number of likely N-dealkylation sites (tertiary alicyclic amines) is 1. The molecule has 2 saturated heterocycles. The number of rotatable bonds is 0. The number of hydrogen-bond acceptors (Lipinski definition) is 3. The standard InChI is InChI=1S/C16H21N3O3/c20-15-3-1-2-14-13-8-12(10-19(14)15)9-18(11-13)16(21)17-4-6-22-7-5-17/h1-3,12-13H,4-11H2/t12-,13+/m0/s1. The summed E-state index contributed by atoms with van der Waals surface area (Å²) in [4.78, 5) is 28.6. The maximum absolute atomic E-state index is 12.7. The maximum atomic E-state index is 12.7. The third-order valence-corrected chi connectivity index (χ3v) is 5.03. The molecule has 4 rings (SSSR count). The van der Waals surface area contributed by atoms with Gasteiger partial charge >= 0.3 is 6.03 Å². The molecule has 2 atom stereocenters. The molecule has 3 aliphatic heterocycles. The van der Waals surface area contributed by atoms with Gasteiger partial charge in [0.25, 0.3) is 5.56 Å². The van der Waals surface area contributed by atoms with Gasteiger partial charge in [0.15, 0.2) is 0 Å². The van der Waals surface area contributed by atoms with E-state index in [-0.39, 0.29) is 17.5 Å². The lowest BCUT2D eigenvalue weighted by atomic mass is 9.83. The van der Waals surface area contributed by atoms with Crippen molar-refractivity contribution < 1.29 is 9.53 Å². The summed E-state index contributed by atoms with van der Waals surface area (Å²) >= 11 is 0. The second-order valence-corrected chi connectivity index (χ2v) is 6.49. The average Bonchev–Trinajstić information content (AvgIpc) is 2.56. The van der Waals surface area contributed by atoms with E-state index in [1.165, 1.54) is 0 Å². The van der Waals surface area contributed by atoms with Gasteiger partial charge in [-0.15, -0.1) is 0 Å². The summed E-state index contributed by atoms with van der Waals surface area (Å²) in [5.41, 5.74) is 1.17. The van der Waals surface area contributed by atoms with E-state index in [2.05, 4.69) is 0 Å². The van der Waals surface area contributed by atoms with Gasteiger partial charge in [0.05, 0.1) is 13.2 Å². The largest absolute Gasteiger partial charge is 0.378 e. The first-order chi connectivity index (χ1) is 10.7. The van der Waals surface area contributed by atoms with Crippen LogP contribution >= 0.6 is 0 Å². The number of pyridine rings is 1. The molecule has 0 radical (unpaired) electrons. The fraction of sp³-hybridized carbons (Fsp3) is 0.625. The first-order valence-corrected chi connectivity index (χ1v) is 8.04. The molecule has 3 aliphatic rings. The van der Waals surface area contributed by atoms with Gasteiger partial charge in [-0.2, -0.15) is 0 Å². The highest BCUT2D eigenvalue weighted by Crippen LogP contribution is 2.35. The number of carbonyl (C=O) groups excluding carboxylic acids is 1. The van der Waals surface area contributed by atoms with Crippen molar-refractivity contribution in [3.05, 3.63) is 34.2 Å². The number of morpholine rings is 1. The predicted octanol–water partition coefficient (Wildman–Crippen LogP) is 0.720. The Morgan fingerprint density at radius 3 is 2.73 bits per heavy atom. The van der Waals surface area contributed by atoms with Crippen molar-refractivity contribution >= 4 is 6.03 Å². The zero-order valence-corrected chi connectivity index (χ0v) is 12.6. The molecular formula is C16H21N3O3. The Morgan fingerprint density at radius 2 is 1.91 bits per heavy atom. The van der Waals surface area contributed by atoms with Crippen molar-refractivity contribution in [1.82, 2.24) is 14.4 Å². The van der Waals surface area contributed by atoms with E-state index in [0.29, 0.717) is 32.2 Å². The molecule has 6 heteroatoms. The summed E-state index contributed by atoms with van der Waals surface area (Å²) in [6.45, 7) is 4.83. The lowest BCUT2D eigenvalue weighted by molar-refractivity contribution is 0.0353. The van der Waals surface area contributed by atoms with Crippen LogP contribution in [0.25, 0.3) is 0 Å². The number of aromatic nitrogens is 1. The van der Waals surface area contributed by atoms with Crippen LogP contribution in [0.15, 0.2) is 23.0 Å². The maximum Gasteiger partial charge on any atom is 0.320 e. The number of carbonyl (C=O) groups is 1. The average molecular weight is 303 g/mol. The molecule has 2 fully saturated rings. The van der Waals surface area contributed by atoms with Gasteiger partial charge < -0.3 is 19.1 Å². The summed E-state index contributed by atoms with van der Waals surface area (Å²) < 4.78 is 7.22. The summed E-state index contributed by atoms with van der Waals surface area (Å²) in [6.07, 6.45) is 1.08. The summed E-state index contributed by atoms with van der Waals surface area (Å²) in [6, 6.07) is 5.62. The first kappa shape index (κ1) is 13.8. The SMILES string of the molecule is O=C(N1CCOCC1)N1C[C@@H]2C[C@H](C1)c1cccc(=O)n1C2. The molecule has 1 aromatic rings. The van der Waals surface area contributed by atoms with E-state index < -0.39 is 0 Å². The van der Waals surface area contributed by atoms with Crippen LogP contribution in [0.5, 0.6) is 0 Å². The van der Waals surface area contributed by atoms with Crippen molar-refractivity contribution in [2.75, 3.05) is 39.4 Å². The Kier molecular flexibility index (Phi) is 3.41. The van der Waals surface area contributed by atoms with Gasteiger partial charge in [-0.05, 0) is 18.4 Å². The third kappa shape index (κ3) is 2.31. The van der Waals surface area contributed by atoms with Gasteiger partial charge in [0, 0.05) is 50.4 Å². The molecule has 22 heavy (non-hydrogen) atoms. The highest BCUT2D eigenvalue weighted by molar-refractivity contribution is 5.74. The van der Waals surface area contributed by atoms with Crippen LogP contribution < -0.4 is 5.56 Å². The molecule has 0 spiro atoms. The minimum absolute atomic E-state index is 0.0835. The van der Waals surface area contributed by atoms with Crippen molar-refractivity contribution in [1.29, 1.82) is 0 Å². The van der Waals surface area contributed by atoms with E-state index in [1.54, 1.807) is 6.07 Å². The fourth-order valence-electron chi connectivity index (χ4n) is 4.01. The van der Waals surface area contributed by atoms with Crippen LogP contribution in [0.4, 0.5) is 4.79 Å². The number of amides is 2. The zero-order chi connectivity index (χ0) is 15.1. The number of hydrogen-bond donors (Lipinski definition) is 0. The van der Waals surface area contributed by atoms with Crippen LogP contribution in [0.1, 0.15) is 18.0 Å². The number of fused-ring (bicyclic) bond motifs is 4. The first-order valence-electron chi connectivity index (χ1n) is 8.04. The van der Waals surface area contributed by atoms with Crippen LogP contribution in [0.2, 0.25) is 0 Å². The third-order valence-electron chi connectivity index (χ3n) is 5.03. The summed E-state index contributed by atoms with van der Waals surface area (Å²) in [5.74, 6) is 0.669. The summed E-state index contributed by atoms with van der Waals surface area (Å²) in [5, 5.41) is 0. The van der Waals surface area contributed by atoms with Gasteiger partial charge in [-0.25, -0.2) is 4.79 Å². The second kappa shape index (κ2) is 5.43. The number of piperidine rings is 1. The Hall–Kier alpha value is -1.82. The smallest absolute Gasteiger partial charge is 0.320 e. The highest BCUT2D eigenvalue weighted by atomic mass is 16.5. The Labute approximate surface area is 129 Å². The quantitative estimate of drug-likeness (QED) is 0.709. The van der Waals surface area contributed by atoms with Gasteiger partial charge in [-0.3, -0.25) is 4.79 Å². The molecular weight excluding hydrogens is 282 g/mol. The van der Waals surface area contributed by atoms with E-state index in [1.807, 2.05) is 26.5 Å².